The van der Waals surface area contributed by atoms with Gasteiger partial charge in [-0.05, 0) is 37.5 Å². The summed E-state index contributed by atoms with van der Waals surface area (Å²) in [5.74, 6) is 1.08. The monoisotopic (exact) mass is 420 g/mol. The number of hydrogen-bond acceptors (Lipinski definition) is 6. The Morgan fingerprint density at radius 2 is 1.90 bits per heavy atom. The summed E-state index contributed by atoms with van der Waals surface area (Å²) in [7, 11) is 0. The van der Waals surface area contributed by atoms with Crippen molar-refractivity contribution in [2.24, 2.45) is 5.92 Å². The van der Waals surface area contributed by atoms with Gasteiger partial charge in [0.1, 0.15) is 0 Å². The van der Waals surface area contributed by atoms with Crippen LogP contribution in [0.15, 0.2) is 59.1 Å². The highest BCUT2D eigenvalue weighted by molar-refractivity contribution is 5.80. The maximum Gasteiger partial charge on any atom is 0.269 e. The van der Waals surface area contributed by atoms with Gasteiger partial charge in [0.25, 0.3) is 5.69 Å². The van der Waals surface area contributed by atoms with Crippen molar-refractivity contribution < 1.29 is 14.2 Å². The van der Waals surface area contributed by atoms with Crippen LogP contribution in [0.2, 0.25) is 0 Å². The predicted octanol–water partition coefficient (Wildman–Crippen LogP) is 4.58. The molecule has 0 saturated heterocycles. The molecule has 1 aliphatic rings. The first-order valence-electron chi connectivity index (χ1n) is 10.5. The standard InChI is InChI=1S/C23H24N4O4/c1-16(17-6-3-2-4-7-17)26(23(28)19-8-5-9-19)15-14-21-24-22(25-31-21)18-10-12-20(13-11-18)27(29)30/h2-4,6-7,10-13,16,19H,5,8-9,14-15H2,1H3/t16-/m0/s1. The molecule has 1 heterocycles. The number of rotatable bonds is 8. The van der Waals surface area contributed by atoms with Gasteiger partial charge in [0.05, 0.1) is 11.0 Å². The van der Waals surface area contributed by atoms with Crippen molar-refractivity contribution in [3.05, 3.63) is 76.2 Å². The molecule has 0 bridgehead atoms. The Balaban J connectivity index is 1.47. The predicted molar refractivity (Wildman–Crippen MR) is 114 cm³/mol. The van der Waals surface area contributed by atoms with Gasteiger partial charge < -0.3 is 9.42 Å². The molecule has 1 fully saturated rings. The molecular weight excluding hydrogens is 396 g/mol. The van der Waals surface area contributed by atoms with Gasteiger partial charge in [0, 0.05) is 36.6 Å². The molecule has 1 atom stereocenters. The van der Waals surface area contributed by atoms with Gasteiger partial charge in [0.15, 0.2) is 0 Å². The van der Waals surface area contributed by atoms with Gasteiger partial charge in [-0.15, -0.1) is 0 Å². The average molecular weight is 420 g/mol. The molecule has 1 aliphatic carbocycles. The minimum absolute atomic E-state index is 0.00696. The highest BCUT2D eigenvalue weighted by Crippen LogP contribution is 2.32. The van der Waals surface area contributed by atoms with Crippen molar-refractivity contribution in [1.29, 1.82) is 0 Å². The van der Waals surface area contributed by atoms with Crippen molar-refractivity contribution in [2.45, 2.75) is 38.6 Å². The van der Waals surface area contributed by atoms with Crippen LogP contribution < -0.4 is 0 Å². The van der Waals surface area contributed by atoms with Gasteiger partial charge in [0.2, 0.25) is 17.6 Å². The molecule has 0 unspecified atom stereocenters. The minimum Gasteiger partial charge on any atom is -0.339 e. The third-order valence-electron chi connectivity index (χ3n) is 5.86. The second-order valence-corrected chi connectivity index (χ2v) is 7.81. The van der Waals surface area contributed by atoms with E-state index >= 15 is 0 Å². The summed E-state index contributed by atoms with van der Waals surface area (Å²) in [5.41, 5.74) is 1.74. The molecule has 0 N–H and O–H groups in total. The smallest absolute Gasteiger partial charge is 0.269 e. The number of aromatic nitrogens is 2. The molecule has 8 heteroatoms. The molecular formula is C23H24N4O4. The molecule has 0 spiro atoms. The largest absolute Gasteiger partial charge is 0.339 e. The summed E-state index contributed by atoms with van der Waals surface area (Å²) in [5, 5.41) is 14.8. The zero-order chi connectivity index (χ0) is 21.8. The first-order valence-corrected chi connectivity index (χ1v) is 10.5. The van der Waals surface area contributed by atoms with Crippen LogP contribution in [0.25, 0.3) is 11.4 Å². The molecule has 8 nitrogen and oxygen atoms in total. The quantitative estimate of drug-likeness (QED) is 0.390. The summed E-state index contributed by atoms with van der Waals surface area (Å²) in [4.78, 5) is 29.8. The molecule has 4 rings (SSSR count). The van der Waals surface area contributed by atoms with Gasteiger partial charge >= 0.3 is 0 Å². The molecule has 1 saturated carbocycles. The average Bonchev–Trinajstić information content (AvgIpc) is 3.22. The van der Waals surface area contributed by atoms with Crippen LogP contribution in [-0.4, -0.2) is 32.4 Å². The lowest BCUT2D eigenvalue weighted by Crippen LogP contribution is -2.41. The van der Waals surface area contributed by atoms with E-state index in [1.54, 1.807) is 12.1 Å². The molecule has 1 aromatic heterocycles. The van der Waals surface area contributed by atoms with Crippen LogP contribution in [0.1, 0.15) is 43.7 Å². The van der Waals surface area contributed by atoms with E-state index in [1.807, 2.05) is 42.2 Å². The van der Waals surface area contributed by atoms with Crippen LogP contribution >= 0.6 is 0 Å². The highest BCUT2D eigenvalue weighted by Gasteiger charge is 2.32. The molecule has 0 aliphatic heterocycles. The molecule has 3 aromatic rings. The Hall–Kier alpha value is -3.55. The van der Waals surface area contributed by atoms with E-state index < -0.39 is 4.92 Å². The van der Waals surface area contributed by atoms with Gasteiger partial charge in [-0.1, -0.05) is 41.9 Å². The van der Waals surface area contributed by atoms with Crippen LogP contribution in [-0.2, 0) is 11.2 Å². The number of amides is 1. The van der Waals surface area contributed by atoms with Crippen LogP contribution in [0.5, 0.6) is 0 Å². The Morgan fingerprint density at radius 1 is 1.19 bits per heavy atom. The first-order chi connectivity index (χ1) is 15.0. The lowest BCUT2D eigenvalue weighted by atomic mass is 9.84. The third-order valence-corrected chi connectivity index (χ3v) is 5.86. The van der Waals surface area contributed by atoms with E-state index in [-0.39, 0.29) is 23.6 Å². The number of nitro groups is 1. The van der Waals surface area contributed by atoms with Gasteiger partial charge in [-0.2, -0.15) is 4.98 Å². The van der Waals surface area contributed by atoms with Gasteiger partial charge in [-0.3, -0.25) is 14.9 Å². The molecule has 0 radical (unpaired) electrons. The molecule has 1 amide bonds. The number of benzene rings is 2. The fourth-order valence-electron chi connectivity index (χ4n) is 3.72. The Bertz CT molecular complexity index is 1040. The zero-order valence-corrected chi connectivity index (χ0v) is 17.3. The van der Waals surface area contributed by atoms with E-state index in [1.165, 1.54) is 12.1 Å². The van der Waals surface area contributed by atoms with E-state index in [0.717, 1.165) is 24.8 Å². The summed E-state index contributed by atoms with van der Waals surface area (Å²) < 4.78 is 5.38. The van der Waals surface area contributed by atoms with Crippen molar-refractivity contribution >= 4 is 11.6 Å². The normalized spacial score (nSPS) is 14.6. The van der Waals surface area contributed by atoms with Crippen LogP contribution in [0, 0.1) is 16.0 Å². The maximum atomic E-state index is 13.1. The van der Waals surface area contributed by atoms with E-state index in [9.17, 15) is 14.9 Å². The fraction of sp³-hybridized carbons (Fsp3) is 0.348. The minimum atomic E-state index is -0.451. The van der Waals surface area contributed by atoms with Gasteiger partial charge in [-0.25, -0.2) is 0 Å². The number of non-ortho nitro benzene ring substituents is 1. The Kier molecular flexibility index (Phi) is 6.06. The van der Waals surface area contributed by atoms with Crippen molar-refractivity contribution in [1.82, 2.24) is 15.0 Å². The Labute approximate surface area is 180 Å². The second kappa shape index (κ2) is 9.07. The third kappa shape index (κ3) is 4.63. The number of hydrogen-bond donors (Lipinski definition) is 0. The van der Waals surface area contributed by atoms with E-state index in [0.29, 0.717) is 30.2 Å². The fourth-order valence-corrected chi connectivity index (χ4v) is 3.72. The van der Waals surface area contributed by atoms with Crippen LogP contribution in [0.4, 0.5) is 5.69 Å². The highest BCUT2D eigenvalue weighted by atomic mass is 16.6. The molecule has 160 valence electrons. The Morgan fingerprint density at radius 3 is 2.52 bits per heavy atom. The number of nitrogens with zero attached hydrogens (tertiary/aromatic N) is 4. The van der Waals surface area contributed by atoms with Crippen molar-refractivity contribution in [3.8, 4) is 11.4 Å². The summed E-state index contributed by atoms with van der Waals surface area (Å²) in [6.07, 6.45) is 3.44. The lowest BCUT2D eigenvalue weighted by Gasteiger charge is -2.35. The summed E-state index contributed by atoms with van der Waals surface area (Å²) >= 11 is 0. The van der Waals surface area contributed by atoms with Crippen molar-refractivity contribution in [3.63, 3.8) is 0 Å². The SMILES string of the molecule is C[C@@H](c1ccccc1)N(CCc1nc(-c2ccc([N+](=O)[O-])cc2)no1)C(=O)C1CCC1. The zero-order valence-electron chi connectivity index (χ0n) is 17.3. The second-order valence-electron chi connectivity index (χ2n) is 7.81. The topological polar surface area (TPSA) is 102 Å². The first kappa shape index (κ1) is 20.7. The van der Waals surface area contributed by atoms with Crippen LogP contribution in [0.3, 0.4) is 0 Å². The van der Waals surface area contributed by atoms with Crippen molar-refractivity contribution in [2.75, 3.05) is 6.54 Å². The lowest BCUT2D eigenvalue weighted by molar-refractivity contribution is -0.384. The summed E-state index contributed by atoms with van der Waals surface area (Å²) in [6, 6.07) is 15.9. The number of nitro benzene ring substituents is 1. The number of carbonyl (C=O) groups is 1. The summed E-state index contributed by atoms with van der Waals surface area (Å²) in [6.45, 7) is 2.52. The number of carbonyl (C=O) groups excluding carboxylic acids is 1. The maximum absolute atomic E-state index is 13.1. The van der Waals surface area contributed by atoms with E-state index in [4.69, 9.17) is 4.52 Å². The van der Waals surface area contributed by atoms with E-state index in [2.05, 4.69) is 10.1 Å². The molecule has 2 aromatic carbocycles. The molecule has 31 heavy (non-hydrogen) atoms.